The van der Waals surface area contributed by atoms with Gasteiger partial charge in [0.25, 0.3) is 0 Å². The zero-order valence-corrected chi connectivity index (χ0v) is 10.2. The van der Waals surface area contributed by atoms with Crippen molar-refractivity contribution >= 4 is 5.97 Å². The molecule has 3 heteroatoms. The fraction of sp³-hybridized carbons (Fsp3) is 0.917. The molecule has 1 fully saturated rings. The quantitative estimate of drug-likeness (QED) is 0.673. The first-order valence-corrected chi connectivity index (χ1v) is 5.72. The van der Waals surface area contributed by atoms with E-state index in [0.717, 1.165) is 0 Å². The minimum atomic E-state index is -0.182. The van der Waals surface area contributed by atoms with E-state index in [1.54, 1.807) is 7.11 Å². The Balaban J connectivity index is 2.52. The van der Waals surface area contributed by atoms with Crippen molar-refractivity contribution in [1.82, 2.24) is 0 Å². The summed E-state index contributed by atoms with van der Waals surface area (Å²) in [6.45, 7) is 6.35. The van der Waals surface area contributed by atoms with Gasteiger partial charge in [-0.2, -0.15) is 0 Å². The Morgan fingerprint density at radius 2 is 2.13 bits per heavy atom. The summed E-state index contributed by atoms with van der Waals surface area (Å²) in [5.74, 6) is 1.44. The molecular weight excluding hydrogens is 192 g/mol. The van der Waals surface area contributed by atoms with Gasteiger partial charge in [-0.05, 0) is 31.6 Å². The highest BCUT2D eigenvalue weighted by molar-refractivity contribution is 5.65. The maximum absolute atomic E-state index is 10.8. The van der Waals surface area contributed by atoms with E-state index in [1.165, 1.54) is 19.8 Å². The topological polar surface area (TPSA) is 35.5 Å². The van der Waals surface area contributed by atoms with Gasteiger partial charge in [-0.3, -0.25) is 4.79 Å². The summed E-state index contributed by atoms with van der Waals surface area (Å²) in [5, 5.41) is 0. The molecule has 0 radical (unpaired) electrons. The number of rotatable bonds is 4. The first-order chi connectivity index (χ1) is 7.06. The molecule has 0 spiro atoms. The standard InChI is InChI=1S/C12H22O3/c1-8-5-6-11(9(2)14-4)12(8)7-15-10(3)13/h8-9,11-12H,5-7H2,1-4H3/t8?,9-,11?,12+/m1/s1. The number of carbonyl (C=O) groups is 1. The van der Waals surface area contributed by atoms with Gasteiger partial charge >= 0.3 is 5.97 Å². The SMILES string of the molecule is CO[C@H](C)C1CCC(C)[C@@H]1COC(C)=O. The lowest BCUT2D eigenvalue weighted by Crippen LogP contribution is -2.29. The molecule has 3 nitrogen and oxygen atoms in total. The molecule has 1 aliphatic carbocycles. The Hall–Kier alpha value is -0.570. The predicted octanol–water partition coefficient (Wildman–Crippen LogP) is 2.25. The van der Waals surface area contributed by atoms with Crippen molar-refractivity contribution in [3.63, 3.8) is 0 Å². The van der Waals surface area contributed by atoms with Crippen molar-refractivity contribution in [1.29, 1.82) is 0 Å². The van der Waals surface area contributed by atoms with Gasteiger partial charge < -0.3 is 9.47 Å². The third kappa shape index (κ3) is 3.20. The zero-order valence-electron chi connectivity index (χ0n) is 10.2. The van der Waals surface area contributed by atoms with E-state index >= 15 is 0 Å². The Kier molecular flexibility index (Phi) is 4.58. The molecule has 1 aliphatic rings. The highest BCUT2D eigenvalue weighted by Gasteiger charge is 2.37. The summed E-state index contributed by atoms with van der Waals surface area (Å²) in [6, 6.07) is 0. The largest absolute Gasteiger partial charge is 0.466 e. The molecule has 0 aromatic heterocycles. The van der Waals surface area contributed by atoms with E-state index in [1.807, 2.05) is 0 Å². The molecule has 88 valence electrons. The summed E-state index contributed by atoms with van der Waals surface area (Å²) in [4.78, 5) is 10.8. The Labute approximate surface area is 92.1 Å². The second-order valence-corrected chi connectivity index (χ2v) is 4.63. The van der Waals surface area contributed by atoms with E-state index in [-0.39, 0.29) is 12.1 Å². The maximum atomic E-state index is 10.8. The van der Waals surface area contributed by atoms with Crippen LogP contribution in [0.2, 0.25) is 0 Å². The monoisotopic (exact) mass is 214 g/mol. The van der Waals surface area contributed by atoms with Gasteiger partial charge in [-0.1, -0.05) is 6.92 Å². The Bertz CT molecular complexity index is 215. The van der Waals surface area contributed by atoms with E-state index in [2.05, 4.69) is 13.8 Å². The van der Waals surface area contributed by atoms with Gasteiger partial charge in [-0.15, -0.1) is 0 Å². The van der Waals surface area contributed by atoms with Crippen LogP contribution in [0.4, 0.5) is 0 Å². The lowest BCUT2D eigenvalue weighted by atomic mass is 9.88. The fourth-order valence-corrected chi connectivity index (χ4v) is 2.56. The van der Waals surface area contributed by atoms with Gasteiger partial charge in [-0.25, -0.2) is 0 Å². The second kappa shape index (κ2) is 5.50. The number of esters is 1. The third-order valence-corrected chi connectivity index (χ3v) is 3.69. The predicted molar refractivity (Wildman–Crippen MR) is 58.5 cm³/mol. The van der Waals surface area contributed by atoms with Crippen molar-refractivity contribution in [2.24, 2.45) is 17.8 Å². The van der Waals surface area contributed by atoms with Crippen LogP contribution >= 0.6 is 0 Å². The van der Waals surface area contributed by atoms with Crippen LogP contribution in [0.1, 0.15) is 33.6 Å². The van der Waals surface area contributed by atoms with Crippen molar-refractivity contribution in [2.75, 3.05) is 13.7 Å². The molecule has 0 saturated heterocycles. The summed E-state index contributed by atoms with van der Waals surface area (Å²) in [7, 11) is 1.75. The zero-order chi connectivity index (χ0) is 11.4. The van der Waals surface area contributed by atoms with E-state index in [0.29, 0.717) is 24.4 Å². The highest BCUT2D eigenvalue weighted by Crippen LogP contribution is 2.39. The highest BCUT2D eigenvalue weighted by atomic mass is 16.5. The van der Waals surface area contributed by atoms with Crippen LogP contribution in [0.15, 0.2) is 0 Å². The molecular formula is C12H22O3. The minimum absolute atomic E-state index is 0.182. The Morgan fingerprint density at radius 3 is 2.67 bits per heavy atom. The number of methoxy groups -OCH3 is 1. The van der Waals surface area contributed by atoms with Crippen LogP contribution in [0.3, 0.4) is 0 Å². The fourth-order valence-electron chi connectivity index (χ4n) is 2.56. The summed E-state index contributed by atoms with van der Waals surface area (Å²) in [5.41, 5.74) is 0. The van der Waals surface area contributed by atoms with Crippen LogP contribution in [-0.2, 0) is 14.3 Å². The lowest BCUT2D eigenvalue weighted by Gasteiger charge is -2.26. The normalized spacial score (nSPS) is 32.7. The molecule has 4 atom stereocenters. The third-order valence-electron chi connectivity index (χ3n) is 3.69. The van der Waals surface area contributed by atoms with E-state index in [9.17, 15) is 4.79 Å². The van der Waals surface area contributed by atoms with Crippen LogP contribution in [0.25, 0.3) is 0 Å². The number of ether oxygens (including phenoxy) is 2. The molecule has 0 N–H and O–H groups in total. The van der Waals surface area contributed by atoms with Crippen molar-refractivity contribution in [3.8, 4) is 0 Å². The van der Waals surface area contributed by atoms with Crippen LogP contribution < -0.4 is 0 Å². The molecule has 0 aliphatic heterocycles. The molecule has 0 heterocycles. The lowest BCUT2D eigenvalue weighted by molar-refractivity contribution is -0.143. The molecule has 0 aromatic rings. The number of carbonyl (C=O) groups excluding carboxylic acids is 1. The van der Waals surface area contributed by atoms with Crippen LogP contribution in [0.5, 0.6) is 0 Å². The Morgan fingerprint density at radius 1 is 1.47 bits per heavy atom. The van der Waals surface area contributed by atoms with Gasteiger partial charge in [0.05, 0.1) is 12.7 Å². The van der Waals surface area contributed by atoms with Gasteiger partial charge in [0.2, 0.25) is 0 Å². The second-order valence-electron chi connectivity index (χ2n) is 4.63. The minimum Gasteiger partial charge on any atom is -0.466 e. The summed E-state index contributed by atoms with van der Waals surface area (Å²) < 4.78 is 10.5. The molecule has 1 rings (SSSR count). The summed E-state index contributed by atoms with van der Waals surface area (Å²) in [6.07, 6.45) is 2.65. The molecule has 1 saturated carbocycles. The average molecular weight is 214 g/mol. The van der Waals surface area contributed by atoms with Crippen molar-refractivity contribution in [3.05, 3.63) is 0 Å². The number of hydrogen-bond donors (Lipinski definition) is 0. The van der Waals surface area contributed by atoms with Gasteiger partial charge in [0.1, 0.15) is 0 Å². The van der Waals surface area contributed by atoms with Crippen molar-refractivity contribution in [2.45, 2.75) is 39.7 Å². The van der Waals surface area contributed by atoms with E-state index in [4.69, 9.17) is 9.47 Å². The molecule has 0 bridgehead atoms. The van der Waals surface area contributed by atoms with Gasteiger partial charge in [0, 0.05) is 20.0 Å². The van der Waals surface area contributed by atoms with Crippen molar-refractivity contribution < 1.29 is 14.3 Å². The molecule has 2 unspecified atom stereocenters. The molecule has 15 heavy (non-hydrogen) atoms. The van der Waals surface area contributed by atoms with E-state index < -0.39 is 0 Å². The smallest absolute Gasteiger partial charge is 0.302 e. The molecule has 0 aromatic carbocycles. The average Bonchev–Trinajstić information content (AvgIpc) is 2.55. The maximum Gasteiger partial charge on any atom is 0.302 e. The summed E-state index contributed by atoms with van der Waals surface area (Å²) >= 11 is 0. The first-order valence-electron chi connectivity index (χ1n) is 5.72. The van der Waals surface area contributed by atoms with Crippen LogP contribution in [0, 0.1) is 17.8 Å². The first kappa shape index (κ1) is 12.5. The van der Waals surface area contributed by atoms with Gasteiger partial charge in [0.15, 0.2) is 0 Å². The molecule has 0 amide bonds. The van der Waals surface area contributed by atoms with Crippen LogP contribution in [-0.4, -0.2) is 25.8 Å². The number of hydrogen-bond acceptors (Lipinski definition) is 3.